The summed E-state index contributed by atoms with van der Waals surface area (Å²) in [5.74, 6) is -0.00181. The van der Waals surface area contributed by atoms with E-state index in [2.05, 4.69) is 34.6 Å². The molecule has 0 radical (unpaired) electrons. The van der Waals surface area contributed by atoms with Crippen molar-refractivity contribution in [3.05, 3.63) is 0 Å². The summed E-state index contributed by atoms with van der Waals surface area (Å²) in [5, 5.41) is 19.4. The van der Waals surface area contributed by atoms with Crippen LogP contribution in [-0.4, -0.2) is 22.2 Å². The first-order valence-corrected chi connectivity index (χ1v) is 15.2. The second-order valence-electron chi connectivity index (χ2n) is 11.4. The zero-order valence-corrected chi connectivity index (χ0v) is 24.1. The molecule has 0 spiro atoms. The maximum Gasteiger partial charge on any atom is 0.309 e. The highest BCUT2D eigenvalue weighted by molar-refractivity contribution is 5.75. The van der Waals surface area contributed by atoms with E-state index in [1.54, 1.807) is 0 Å². The van der Waals surface area contributed by atoms with Crippen LogP contribution in [0.4, 0.5) is 0 Å². The Morgan fingerprint density at radius 2 is 1.06 bits per heavy atom. The zero-order valence-electron chi connectivity index (χ0n) is 24.1. The number of hydrogen-bond acceptors (Lipinski definition) is 2. The van der Waals surface area contributed by atoms with Gasteiger partial charge in [-0.15, -0.1) is 0 Å². The lowest BCUT2D eigenvalue weighted by Gasteiger charge is -2.40. The second kappa shape index (κ2) is 21.1. The van der Waals surface area contributed by atoms with Crippen molar-refractivity contribution in [1.82, 2.24) is 0 Å². The van der Waals surface area contributed by atoms with Crippen molar-refractivity contribution in [2.45, 2.75) is 163 Å². The number of aliphatic carboxylic acids is 2. The largest absolute Gasteiger partial charge is 0.481 e. The first kappa shape index (κ1) is 33.9. The van der Waals surface area contributed by atoms with Crippen molar-refractivity contribution in [2.24, 2.45) is 23.2 Å². The van der Waals surface area contributed by atoms with Crippen molar-refractivity contribution in [3.8, 4) is 0 Å². The van der Waals surface area contributed by atoms with Gasteiger partial charge in [0, 0.05) is 6.42 Å². The van der Waals surface area contributed by atoms with Crippen molar-refractivity contribution in [2.75, 3.05) is 0 Å². The molecule has 0 rings (SSSR count). The van der Waals surface area contributed by atoms with Crippen LogP contribution in [0.15, 0.2) is 0 Å². The van der Waals surface area contributed by atoms with Gasteiger partial charge in [0.1, 0.15) is 0 Å². The van der Waals surface area contributed by atoms with Crippen LogP contribution in [0.3, 0.4) is 0 Å². The van der Waals surface area contributed by atoms with Gasteiger partial charge >= 0.3 is 11.9 Å². The Morgan fingerprint density at radius 1 is 0.629 bits per heavy atom. The number of unbranched alkanes of at least 4 members (excludes halogenated alkanes) is 9. The molecule has 0 bridgehead atoms. The number of rotatable bonds is 25. The fourth-order valence-electron chi connectivity index (χ4n) is 5.85. The lowest BCUT2D eigenvalue weighted by Crippen LogP contribution is -2.41. The number of carbonyl (C=O) groups is 2. The van der Waals surface area contributed by atoms with E-state index in [0.29, 0.717) is 11.8 Å². The minimum absolute atomic E-state index is 0.211. The Hall–Kier alpha value is -1.06. The van der Waals surface area contributed by atoms with Gasteiger partial charge in [0.2, 0.25) is 0 Å². The SMILES string of the molecule is CCCCC(CC)CC(CC(CC)CCCC)(C(=O)O)C(C)CCCCCCCCCCC(=O)O. The molecule has 0 amide bonds. The zero-order chi connectivity index (χ0) is 26.5. The van der Waals surface area contributed by atoms with E-state index in [9.17, 15) is 14.7 Å². The molecule has 4 heteroatoms. The van der Waals surface area contributed by atoms with Crippen LogP contribution in [0.5, 0.6) is 0 Å². The molecule has 0 aliphatic rings. The van der Waals surface area contributed by atoms with Crippen LogP contribution in [0, 0.1) is 23.2 Å². The first-order chi connectivity index (χ1) is 16.8. The van der Waals surface area contributed by atoms with Crippen molar-refractivity contribution in [1.29, 1.82) is 0 Å². The smallest absolute Gasteiger partial charge is 0.309 e. The van der Waals surface area contributed by atoms with Gasteiger partial charge in [-0.3, -0.25) is 9.59 Å². The summed E-state index contributed by atoms with van der Waals surface area (Å²) in [6.45, 7) is 11.2. The van der Waals surface area contributed by atoms with Crippen LogP contribution in [0.2, 0.25) is 0 Å². The van der Waals surface area contributed by atoms with Gasteiger partial charge in [0.05, 0.1) is 5.41 Å². The van der Waals surface area contributed by atoms with Crippen molar-refractivity contribution in [3.63, 3.8) is 0 Å². The number of hydrogen-bond donors (Lipinski definition) is 2. The molecular formula is C31H60O4. The van der Waals surface area contributed by atoms with Gasteiger partial charge in [0.15, 0.2) is 0 Å². The predicted octanol–water partition coefficient (Wildman–Crippen LogP) is 9.89. The molecule has 0 aliphatic carbocycles. The van der Waals surface area contributed by atoms with Gasteiger partial charge in [-0.1, -0.05) is 131 Å². The number of carboxylic acids is 2. The summed E-state index contributed by atoms with van der Waals surface area (Å²) < 4.78 is 0. The minimum Gasteiger partial charge on any atom is -0.481 e. The van der Waals surface area contributed by atoms with Crippen molar-refractivity contribution < 1.29 is 19.8 Å². The van der Waals surface area contributed by atoms with E-state index in [-0.39, 0.29) is 12.3 Å². The molecular weight excluding hydrogens is 436 g/mol. The lowest BCUT2D eigenvalue weighted by molar-refractivity contribution is -0.156. The lowest BCUT2D eigenvalue weighted by atomic mass is 9.63. The summed E-state index contributed by atoms with van der Waals surface area (Å²) in [5.41, 5.74) is -0.590. The molecule has 0 aliphatic heterocycles. The molecule has 0 heterocycles. The van der Waals surface area contributed by atoms with Gasteiger partial charge in [-0.25, -0.2) is 0 Å². The van der Waals surface area contributed by atoms with E-state index in [4.69, 9.17) is 5.11 Å². The molecule has 35 heavy (non-hydrogen) atoms. The predicted molar refractivity (Wildman–Crippen MR) is 149 cm³/mol. The fraction of sp³-hybridized carbons (Fsp3) is 0.935. The Labute approximate surface area is 218 Å². The summed E-state index contributed by atoms with van der Waals surface area (Å²) in [6, 6.07) is 0. The molecule has 0 fully saturated rings. The highest BCUT2D eigenvalue weighted by Crippen LogP contribution is 2.46. The Bertz CT molecular complexity index is 512. The van der Waals surface area contributed by atoms with Crippen LogP contribution < -0.4 is 0 Å². The fourth-order valence-corrected chi connectivity index (χ4v) is 5.85. The van der Waals surface area contributed by atoms with Gasteiger partial charge in [0.25, 0.3) is 0 Å². The molecule has 0 aromatic heterocycles. The average molecular weight is 497 g/mol. The maximum atomic E-state index is 13.0. The third kappa shape index (κ3) is 14.9. The number of carboxylic acid groups (broad SMARTS) is 2. The third-order valence-corrected chi connectivity index (χ3v) is 8.54. The Balaban J connectivity index is 4.99. The highest BCUT2D eigenvalue weighted by atomic mass is 16.4. The quantitative estimate of drug-likeness (QED) is 0.123. The molecule has 0 saturated carbocycles. The van der Waals surface area contributed by atoms with Gasteiger partial charge in [-0.2, -0.15) is 0 Å². The van der Waals surface area contributed by atoms with Gasteiger partial charge < -0.3 is 10.2 Å². The topological polar surface area (TPSA) is 74.6 Å². The van der Waals surface area contributed by atoms with Crippen LogP contribution in [0.1, 0.15) is 163 Å². The molecule has 3 unspecified atom stereocenters. The monoisotopic (exact) mass is 496 g/mol. The van der Waals surface area contributed by atoms with E-state index in [1.165, 1.54) is 51.4 Å². The van der Waals surface area contributed by atoms with E-state index in [0.717, 1.165) is 70.6 Å². The van der Waals surface area contributed by atoms with Crippen LogP contribution >= 0.6 is 0 Å². The molecule has 208 valence electrons. The molecule has 0 saturated heterocycles. The summed E-state index contributed by atoms with van der Waals surface area (Å²) in [7, 11) is 0. The normalized spacial score (nSPS) is 15.9. The Kier molecular flexibility index (Phi) is 20.4. The van der Waals surface area contributed by atoms with E-state index < -0.39 is 17.4 Å². The minimum atomic E-state index is -0.692. The first-order valence-electron chi connectivity index (χ1n) is 15.2. The molecule has 2 N–H and O–H groups in total. The molecule has 0 aromatic carbocycles. The molecule has 4 nitrogen and oxygen atoms in total. The standard InChI is InChI=1S/C31H60O4/c1-6-10-21-27(8-3)24-31(30(34)35,25-28(9-4)22-11-7-2)26(5)20-18-16-14-12-13-15-17-19-23-29(32)33/h26-28H,6-25H2,1-5H3,(H,32,33)(H,34,35). The van der Waals surface area contributed by atoms with E-state index in [1.807, 2.05) is 0 Å². The molecule has 0 aromatic rings. The van der Waals surface area contributed by atoms with Crippen molar-refractivity contribution >= 4 is 11.9 Å². The van der Waals surface area contributed by atoms with Crippen LogP contribution in [0.25, 0.3) is 0 Å². The van der Waals surface area contributed by atoms with Gasteiger partial charge in [-0.05, 0) is 43.4 Å². The summed E-state index contributed by atoms with van der Waals surface area (Å²) >= 11 is 0. The molecule has 3 atom stereocenters. The van der Waals surface area contributed by atoms with E-state index >= 15 is 0 Å². The summed E-state index contributed by atoms with van der Waals surface area (Å²) in [4.78, 5) is 23.6. The third-order valence-electron chi connectivity index (χ3n) is 8.54. The second-order valence-corrected chi connectivity index (χ2v) is 11.4. The average Bonchev–Trinajstić information content (AvgIpc) is 2.83. The Morgan fingerprint density at radius 3 is 1.43 bits per heavy atom. The highest BCUT2D eigenvalue weighted by Gasteiger charge is 2.45. The summed E-state index contributed by atoms with van der Waals surface area (Å²) in [6.07, 6.45) is 21.0. The van der Waals surface area contributed by atoms with Crippen LogP contribution in [-0.2, 0) is 9.59 Å². The maximum absolute atomic E-state index is 13.0.